The molecule has 0 bridgehead atoms. The summed E-state index contributed by atoms with van der Waals surface area (Å²) in [5.74, 6) is 0. The van der Waals surface area contributed by atoms with Gasteiger partial charge in [-0.2, -0.15) is 0 Å². The first-order chi connectivity index (χ1) is 24.9. The smallest absolute Gasteiger partial charge is 0.0725 e. The van der Waals surface area contributed by atoms with Crippen LogP contribution in [0.15, 0.2) is 188 Å². The van der Waals surface area contributed by atoms with Gasteiger partial charge in [-0.1, -0.05) is 164 Å². The molecule has 0 atom stereocenters. The van der Waals surface area contributed by atoms with Gasteiger partial charge in [0.15, 0.2) is 0 Å². The summed E-state index contributed by atoms with van der Waals surface area (Å²) in [7, 11) is 0. The lowest BCUT2D eigenvalue weighted by atomic mass is 9.66. The minimum Gasteiger partial charge on any atom is -0.309 e. The van der Waals surface area contributed by atoms with Crippen LogP contribution in [-0.2, 0) is 5.41 Å². The molecule has 2 aliphatic rings. The van der Waals surface area contributed by atoms with Gasteiger partial charge < -0.3 is 4.57 Å². The predicted molar refractivity (Wildman–Crippen MR) is 208 cm³/mol. The monoisotopic (exact) mass is 633 g/mol. The molecule has 0 saturated heterocycles. The Morgan fingerprint density at radius 2 is 0.760 bits per heavy atom. The number of benzene rings is 8. The number of fused-ring (bicyclic) bond motifs is 15. The van der Waals surface area contributed by atoms with Crippen LogP contribution < -0.4 is 0 Å². The third-order valence-corrected chi connectivity index (χ3v) is 11.2. The van der Waals surface area contributed by atoms with Crippen LogP contribution in [0.3, 0.4) is 0 Å². The number of hydrogen-bond acceptors (Lipinski definition) is 0. The molecule has 1 aromatic heterocycles. The molecule has 9 aromatic rings. The van der Waals surface area contributed by atoms with Crippen molar-refractivity contribution >= 4 is 21.8 Å². The Morgan fingerprint density at radius 3 is 1.46 bits per heavy atom. The highest BCUT2D eigenvalue weighted by atomic mass is 15.0. The molecule has 2 aliphatic carbocycles. The third-order valence-electron chi connectivity index (χ3n) is 11.2. The SMILES string of the molecule is c1ccc(-n2c3ccccc3c3c(-c4cccc5c4-c4ccccc4C54c5ccccc5-c5ccccc5-c5ccccc54)cccc32)cc1. The Hall–Kier alpha value is -6.44. The van der Waals surface area contributed by atoms with E-state index in [1.165, 1.54) is 94.3 Å². The summed E-state index contributed by atoms with van der Waals surface area (Å²) in [6, 6.07) is 69.9. The second-order valence-electron chi connectivity index (χ2n) is 13.5. The fraction of sp³-hybridized carbons (Fsp3) is 0.0204. The minimum atomic E-state index is -0.500. The van der Waals surface area contributed by atoms with E-state index in [4.69, 9.17) is 0 Å². The normalized spacial score (nSPS) is 13.4. The standard InChI is InChI=1S/C49H31N/c1-2-16-32(17-3-1)50-45-30-13-9-23-40(45)48-38(25-15-31-46(48)50)37-24-14-29-44-47(37)39-22-8-12-28-43(39)49(44)41-26-10-6-20-35(41)33-18-4-5-19-34(33)36-21-7-11-27-42(36)49/h1-31H. The van der Waals surface area contributed by atoms with Crippen molar-refractivity contribution < 1.29 is 0 Å². The molecule has 232 valence electrons. The highest BCUT2D eigenvalue weighted by Gasteiger charge is 2.50. The second-order valence-corrected chi connectivity index (χ2v) is 13.5. The maximum Gasteiger partial charge on any atom is 0.0725 e. The van der Waals surface area contributed by atoms with Gasteiger partial charge in [0, 0.05) is 16.5 Å². The van der Waals surface area contributed by atoms with E-state index in [1.807, 2.05) is 0 Å². The Morgan fingerprint density at radius 1 is 0.300 bits per heavy atom. The molecule has 0 N–H and O–H groups in total. The zero-order chi connectivity index (χ0) is 32.8. The fourth-order valence-corrected chi connectivity index (χ4v) is 9.42. The molecule has 0 saturated carbocycles. The lowest BCUT2D eigenvalue weighted by Crippen LogP contribution is -2.29. The molecule has 11 rings (SSSR count). The van der Waals surface area contributed by atoms with Gasteiger partial charge in [-0.3, -0.25) is 0 Å². The largest absolute Gasteiger partial charge is 0.309 e. The van der Waals surface area contributed by atoms with E-state index in [-0.39, 0.29) is 0 Å². The first-order valence-electron chi connectivity index (χ1n) is 17.5. The average Bonchev–Trinajstić information content (AvgIpc) is 3.66. The van der Waals surface area contributed by atoms with E-state index in [0.717, 1.165) is 0 Å². The van der Waals surface area contributed by atoms with Crippen LogP contribution in [0.1, 0.15) is 22.3 Å². The summed E-state index contributed by atoms with van der Waals surface area (Å²) >= 11 is 0. The van der Waals surface area contributed by atoms with E-state index in [2.05, 4.69) is 193 Å². The van der Waals surface area contributed by atoms with Crippen molar-refractivity contribution in [3.05, 3.63) is 210 Å². The lowest BCUT2D eigenvalue weighted by Gasteiger charge is -2.35. The number of para-hydroxylation sites is 2. The zero-order valence-electron chi connectivity index (χ0n) is 27.3. The van der Waals surface area contributed by atoms with Crippen molar-refractivity contribution in [2.24, 2.45) is 0 Å². The number of rotatable bonds is 2. The van der Waals surface area contributed by atoms with Gasteiger partial charge in [-0.25, -0.2) is 0 Å². The zero-order valence-corrected chi connectivity index (χ0v) is 27.3. The Kier molecular flexibility index (Phi) is 5.66. The summed E-state index contributed by atoms with van der Waals surface area (Å²) in [5.41, 5.74) is 18.8. The van der Waals surface area contributed by atoms with E-state index >= 15 is 0 Å². The van der Waals surface area contributed by atoms with Crippen LogP contribution in [0.5, 0.6) is 0 Å². The average molecular weight is 634 g/mol. The van der Waals surface area contributed by atoms with E-state index in [1.54, 1.807) is 0 Å². The van der Waals surface area contributed by atoms with Crippen LogP contribution in [0, 0.1) is 0 Å². The maximum atomic E-state index is 2.42. The van der Waals surface area contributed by atoms with E-state index in [9.17, 15) is 0 Å². The van der Waals surface area contributed by atoms with Gasteiger partial charge in [0.25, 0.3) is 0 Å². The predicted octanol–water partition coefficient (Wildman–Crippen LogP) is 12.5. The van der Waals surface area contributed by atoms with Crippen molar-refractivity contribution in [1.29, 1.82) is 0 Å². The molecule has 0 amide bonds. The lowest BCUT2D eigenvalue weighted by molar-refractivity contribution is 0.775. The highest BCUT2D eigenvalue weighted by Crippen LogP contribution is 2.63. The summed E-state index contributed by atoms with van der Waals surface area (Å²) in [6.07, 6.45) is 0. The summed E-state index contributed by atoms with van der Waals surface area (Å²) in [5, 5.41) is 2.55. The van der Waals surface area contributed by atoms with Gasteiger partial charge in [-0.15, -0.1) is 0 Å². The van der Waals surface area contributed by atoms with Gasteiger partial charge >= 0.3 is 0 Å². The van der Waals surface area contributed by atoms with Crippen LogP contribution in [-0.4, -0.2) is 4.57 Å². The maximum absolute atomic E-state index is 2.42. The Balaban J connectivity index is 1.29. The topological polar surface area (TPSA) is 4.93 Å². The number of nitrogens with zero attached hydrogens (tertiary/aromatic N) is 1. The molecule has 50 heavy (non-hydrogen) atoms. The molecule has 1 heteroatoms. The summed E-state index contributed by atoms with van der Waals surface area (Å²) in [6.45, 7) is 0. The first kappa shape index (κ1) is 27.5. The third kappa shape index (κ3) is 3.46. The van der Waals surface area contributed by atoms with E-state index in [0.29, 0.717) is 0 Å². The van der Waals surface area contributed by atoms with Gasteiger partial charge in [0.05, 0.1) is 16.4 Å². The fourth-order valence-electron chi connectivity index (χ4n) is 9.42. The van der Waals surface area contributed by atoms with E-state index < -0.39 is 5.41 Å². The van der Waals surface area contributed by atoms with Gasteiger partial charge in [0.2, 0.25) is 0 Å². The van der Waals surface area contributed by atoms with Gasteiger partial charge in [0.1, 0.15) is 0 Å². The number of aromatic nitrogens is 1. The minimum absolute atomic E-state index is 0.500. The van der Waals surface area contributed by atoms with Crippen LogP contribution >= 0.6 is 0 Å². The van der Waals surface area contributed by atoms with Crippen LogP contribution in [0.4, 0.5) is 0 Å². The summed E-state index contributed by atoms with van der Waals surface area (Å²) in [4.78, 5) is 0. The molecular weight excluding hydrogens is 603 g/mol. The second kappa shape index (κ2) is 10.3. The molecule has 8 aromatic carbocycles. The molecule has 0 unspecified atom stereocenters. The molecule has 1 heterocycles. The van der Waals surface area contributed by atoms with Crippen LogP contribution in [0.2, 0.25) is 0 Å². The van der Waals surface area contributed by atoms with Crippen LogP contribution in [0.25, 0.3) is 72.0 Å². The molecule has 0 radical (unpaired) electrons. The van der Waals surface area contributed by atoms with Crippen molar-refractivity contribution in [2.75, 3.05) is 0 Å². The van der Waals surface area contributed by atoms with Crippen molar-refractivity contribution in [2.45, 2.75) is 5.41 Å². The summed E-state index contributed by atoms with van der Waals surface area (Å²) < 4.78 is 2.42. The van der Waals surface area contributed by atoms with Crippen molar-refractivity contribution in [3.63, 3.8) is 0 Å². The Bertz CT molecular complexity index is 2750. The quantitative estimate of drug-likeness (QED) is 0.178. The molecule has 1 spiro atoms. The van der Waals surface area contributed by atoms with Gasteiger partial charge in [-0.05, 0) is 91.0 Å². The molecule has 0 fully saturated rings. The molecular formula is C49H31N. The first-order valence-corrected chi connectivity index (χ1v) is 17.5. The molecule has 1 nitrogen and oxygen atoms in total. The Labute approximate surface area is 291 Å². The highest BCUT2D eigenvalue weighted by molar-refractivity contribution is 6.17. The van der Waals surface area contributed by atoms with Crippen molar-refractivity contribution in [1.82, 2.24) is 4.57 Å². The number of hydrogen-bond donors (Lipinski definition) is 0. The van der Waals surface area contributed by atoms with Crippen molar-refractivity contribution in [3.8, 4) is 50.2 Å². The molecule has 0 aliphatic heterocycles.